The summed E-state index contributed by atoms with van der Waals surface area (Å²) < 4.78 is 0. The van der Waals surface area contributed by atoms with Crippen LogP contribution in [0.3, 0.4) is 0 Å². The van der Waals surface area contributed by atoms with Crippen molar-refractivity contribution in [2.45, 2.75) is 257 Å². The van der Waals surface area contributed by atoms with Crippen molar-refractivity contribution in [2.24, 2.45) is 5.41 Å². The molecule has 0 aromatic rings. The average molecular weight is 743 g/mol. The topological polar surface area (TPSA) is 37.3 Å². The number of carboxylic acid groups (broad SMARTS) is 1. The van der Waals surface area contributed by atoms with Gasteiger partial charge in [-0.05, 0) is 109 Å². The largest absolute Gasteiger partial charge is 0.478 e. The molecule has 0 aliphatic heterocycles. The van der Waals surface area contributed by atoms with Gasteiger partial charge in [-0.25, -0.2) is 4.79 Å². The third-order valence-corrected chi connectivity index (χ3v) is 13.6. The van der Waals surface area contributed by atoms with Gasteiger partial charge in [-0.1, -0.05) is 201 Å². The first kappa shape index (κ1) is 44.9. The van der Waals surface area contributed by atoms with Gasteiger partial charge in [-0.3, -0.25) is 0 Å². The van der Waals surface area contributed by atoms with Crippen molar-refractivity contribution in [3.8, 4) is 0 Å². The molecule has 0 radical (unpaired) electrons. The molecule has 0 spiro atoms. The zero-order valence-corrected chi connectivity index (χ0v) is 35.5. The fourth-order valence-corrected chi connectivity index (χ4v) is 10.4. The number of rotatable bonds is 6. The van der Waals surface area contributed by atoms with Crippen LogP contribution in [0.15, 0.2) is 58.2 Å². The molecule has 1 N–H and O–H groups in total. The summed E-state index contributed by atoms with van der Waals surface area (Å²) >= 11 is 0. The van der Waals surface area contributed by atoms with Crippen molar-refractivity contribution in [3.05, 3.63) is 58.2 Å². The van der Waals surface area contributed by atoms with Gasteiger partial charge in [0.05, 0.1) is 11.0 Å². The SMILES string of the molecule is O=C(O)C(=C/C1=C/CCCCCCCCCC1)C(/C1=C/CCCCCCCCCC1)(/C1=C/CCCCCCCCCC1)/C1=C/CCCCCCCCCC1. The zero-order valence-electron chi connectivity index (χ0n) is 35.5. The highest BCUT2D eigenvalue weighted by Crippen LogP contribution is 2.55. The molecule has 0 fully saturated rings. The molecular weight excluding hydrogens is 657 g/mol. The fourth-order valence-electron chi connectivity index (χ4n) is 10.4. The third kappa shape index (κ3) is 16.3. The van der Waals surface area contributed by atoms with Crippen molar-refractivity contribution < 1.29 is 9.90 Å². The Hall–Kier alpha value is -1.83. The molecule has 0 amide bonds. The molecule has 54 heavy (non-hydrogen) atoms. The van der Waals surface area contributed by atoms with Gasteiger partial charge in [0.15, 0.2) is 0 Å². The first-order valence-corrected chi connectivity index (χ1v) is 24.5. The summed E-state index contributed by atoms with van der Waals surface area (Å²) in [6, 6.07) is 0. The van der Waals surface area contributed by atoms with E-state index in [4.69, 9.17) is 0 Å². The summed E-state index contributed by atoms with van der Waals surface area (Å²) in [6.45, 7) is 0. The molecule has 0 heterocycles. The minimum atomic E-state index is -0.659. The Balaban J connectivity index is 1.99. The monoisotopic (exact) mass is 743 g/mol. The van der Waals surface area contributed by atoms with Gasteiger partial charge in [0.25, 0.3) is 0 Å². The predicted molar refractivity (Wildman–Crippen MR) is 235 cm³/mol. The van der Waals surface area contributed by atoms with E-state index >= 15 is 0 Å². The Morgan fingerprint density at radius 1 is 0.370 bits per heavy atom. The summed E-state index contributed by atoms with van der Waals surface area (Å²) in [5.74, 6) is -0.659. The van der Waals surface area contributed by atoms with E-state index in [2.05, 4.69) is 30.4 Å². The van der Waals surface area contributed by atoms with Crippen LogP contribution in [0.5, 0.6) is 0 Å². The van der Waals surface area contributed by atoms with E-state index in [0.717, 1.165) is 56.9 Å². The van der Waals surface area contributed by atoms with Gasteiger partial charge in [0.2, 0.25) is 0 Å². The van der Waals surface area contributed by atoms with Gasteiger partial charge >= 0.3 is 5.97 Å². The number of hydrogen-bond donors (Lipinski definition) is 1. The van der Waals surface area contributed by atoms with E-state index in [-0.39, 0.29) is 0 Å². The number of aliphatic carboxylic acids is 1. The highest BCUT2D eigenvalue weighted by atomic mass is 16.4. The summed E-state index contributed by atoms with van der Waals surface area (Å²) in [5.41, 5.74) is 5.82. The number of carbonyl (C=O) groups is 1. The van der Waals surface area contributed by atoms with E-state index < -0.39 is 11.4 Å². The minimum absolute atomic E-state index is 0.630. The van der Waals surface area contributed by atoms with E-state index in [0.29, 0.717) is 0 Å². The van der Waals surface area contributed by atoms with Crippen LogP contribution in [-0.2, 0) is 4.79 Å². The molecule has 0 saturated heterocycles. The number of carboxylic acids is 1. The van der Waals surface area contributed by atoms with Gasteiger partial charge in [0, 0.05) is 0 Å². The molecule has 2 nitrogen and oxygen atoms in total. The highest BCUT2D eigenvalue weighted by molar-refractivity contribution is 5.92. The third-order valence-electron chi connectivity index (χ3n) is 13.6. The van der Waals surface area contributed by atoms with Crippen LogP contribution in [0, 0.1) is 5.41 Å². The van der Waals surface area contributed by atoms with E-state index in [9.17, 15) is 9.90 Å². The standard InChI is InChI=1S/C52H86O2/c53-51(54)50(45-46-37-29-21-13-5-1-6-14-22-30-38-46)52(47-39-31-23-15-7-2-8-16-24-32-40-47,48-41-33-25-17-9-3-10-18-26-34-42-48)49-43-35-27-19-11-4-12-20-28-36-44-49/h37,39,41,43,45H,1-36,38,40,42,44H2,(H,53,54)/b46-37+,47-39+,48-41+,49-43+,50-45?. The Morgan fingerprint density at radius 2 is 0.630 bits per heavy atom. The van der Waals surface area contributed by atoms with Crippen LogP contribution >= 0.6 is 0 Å². The zero-order chi connectivity index (χ0) is 37.8. The van der Waals surface area contributed by atoms with Crippen LogP contribution in [-0.4, -0.2) is 11.1 Å². The van der Waals surface area contributed by atoms with Crippen molar-refractivity contribution in [1.29, 1.82) is 0 Å². The Kier molecular flexibility index (Phi) is 23.7. The van der Waals surface area contributed by atoms with Crippen molar-refractivity contribution in [1.82, 2.24) is 0 Å². The van der Waals surface area contributed by atoms with E-state index in [1.807, 2.05) is 0 Å². The molecule has 4 rings (SSSR count). The molecule has 0 unspecified atom stereocenters. The maximum atomic E-state index is 14.5. The first-order chi connectivity index (χ1) is 26.7. The maximum Gasteiger partial charge on any atom is 0.333 e. The van der Waals surface area contributed by atoms with Crippen LogP contribution in [0.2, 0.25) is 0 Å². The molecule has 0 saturated carbocycles. The Morgan fingerprint density at radius 3 is 0.944 bits per heavy atom. The lowest BCUT2D eigenvalue weighted by Gasteiger charge is -2.43. The van der Waals surface area contributed by atoms with Crippen LogP contribution < -0.4 is 0 Å². The molecular formula is C52H86O2. The molecule has 0 aromatic heterocycles. The van der Waals surface area contributed by atoms with Crippen molar-refractivity contribution >= 4 is 5.97 Å². The molecule has 0 atom stereocenters. The first-order valence-electron chi connectivity index (χ1n) is 24.5. The lowest BCUT2D eigenvalue weighted by Crippen LogP contribution is -2.36. The molecule has 4 aliphatic rings. The molecule has 0 aromatic carbocycles. The molecule has 306 valence electrons. The van der Waals surface area contributed by atoms with Gasteiger partial charge in [-0.15, -0.1) is 0 Å². The minimum Gasteiger partial charge on any atom is -0.478 e. The van der Waals surface area contributed by atoms with Gasteiger partial charge in [0.1, 0.15) is 0 Å². The predicted octanol–water partition coefficient (Wildman–Crippen LogP) is 17.3. The highest BCUT2D eigenvalue weighted by Gasteiger charge is 2.46. The lowest BCUT2D eigenvalue weighted by molar-refractivity contribution is -0.133. The molecule has 2 heteroatoms. The second-order valence-corrected chi connectivity index (χ2v) is 18.0. The number of allylic oxidation sites excluding steroid dienone is 9. The second-order valence-electron chi connectivity index (χ2n) is 18.0. The smallest absolute Gasteiger partial charge is 0.333 e. The molecule has 0 bridgehead atoms. The van der Waals surface area contributed by atoms with Crippen LogP contribution in [0.1, 0.15) is 257 Å². The maximum absolute atomic E-state index is 14.5. The summed E-state index contributed by atoms with van der Waals surface area (Å²) in [5, 5.41) is 11.9. The Labute approximate surface area is 335 Å². The second kappa shape index (κ2) is 28.5. The quantitative estimate of drug-likeness (QED) is 0.217. The average Bonchev–Trinajstić information content (AvgIpc) is 3.14. The number of hydrogen-bond acceptors (Lipinski definition) is 1. The summed E-state index contributed by atoms with van der Waals surface area (Å²) in [4.78, 5) is 14.5. The van der Waals surface area contributed by atoms with Crippen molar-refractivity contribution in [3.63, 3.8) is 0 Å². The normalized spacial score (nSPS) is 27.7. The van der Waals surface area contributed by atoms with Crippen LogP contribution in [0.4, 0.5) is 0 Å². The van der Waals surface area contributed by atoms with Gasteiger partial charge in [-0.2, -0.15) is 0 Å². The fraction of sp³-hybridized carbons (Fsp3) is 0.788. The Bertz CT molecular complexity index is 1080. The van der Waals surface area contributed by atoms with Crippen LogP contribution in [0.25, 0.3) is 0 Å². The summed E-state index contributed by atoms with van der Waals surface area (Å²) in [7, 11) is 0. The van der Waals surface area contributed by atoms with E-state index in [1.54, 1.807) is 0 Å². The molecule has 4 aliphatic carbocycles. The summed E-state index contributed by atoms with van der Waals surface area (Å²) in [6.07, 6.45) is 62.7. The van der Waals surface area contributed by atoms with E-state index in [1.165, 1.54) is 228 Å². The lowest BCUT2D eigenvalue weighted by atomic mass is 9.59. The van der Waals surface area contributed by atoms with Gasteiger partial charge < -0.3 is 5.11 Å². The van der Waals surface area contributed by atoms with Crippen molar-refractivity contribution in [2.75, 3.05) is 0 Å².